The zero-order valence-electron chi connectivity index (χ0n) is 14.5. The molecule has 0 bridgehead atoms. The number of anilines is 1. The number of carbonyl (C=O) groups is 1. The molecule has 6 nitrogen and oxygen atoms in total. The van der Waals surface area contributed by atoms with Crippen LogP contribution < -0.4 is 4.90 Å². The summed E-state index contributed by atoms with van der Waals surface area (Å²) < 4.78 is 0. The number of nitrogens with zero attached hydrogens (tertiary/aromatic N) is 5. The highest BCUT2D eigenvalue weighted by Crippen LogP contribution is 2.29. The second-order valence-electron chi connectivity index (χ2n) is 6.10. The zero-order chi connectivity index (χ0) is 17.9. The lowest BCUT2D eigenvalue weighted by Gasteiger charge is -2.34. The number of thiazole rings is 1. The molecule has 4 rings (SSSR count). The fourth-order valence-corrected chi connectivity index (χ4v) is 3.98. The number of piperazine rings is 1. The highest BCUT2D eigenvalue weighted by molar-refractivity contribution is 7.14. The second-order valence-corrected chi connectivity index (χ2v) is 7.31. The van der Waals surface area contributed by atoms with Crippen molar-refractivity contribution in [3.63, 3.8) is 0 Å². The van der Waals surface area contributed by atoms with E-state index in [9.17, 15) is 4.79 Å². The summed E-state index contributed by atoms with van der Waals surface area (Å²) in [6, 6.07) is 11.7. The summed E-state index contributed by atoms with van der Waals surface area (Å²) in [5.41, 5.74) is 1.77. The van der Waals surface area contributed by atoms with Gasteiger partial charge in [0.2, 0.25) is 5.95 Å². The quantitative estimate of drug-likeness (QED) is 0.714. The summed E-state index contributed by atoms with van der Waals surface area (Å²) in [6.07, 6.45) is 3.48. The molecule has 2 aromatic heterocycles. The molecular formula is C19H19N5OS. The molecule has 0 N–H and O–H groups in total. The summed E-state index contributed by atoms with van der Waals surface area (Å²) in [5.74, 6) is 0.779. The van der Waals surface area contributed by atoms with Crippen molar-refractivity contribution in [2.75, 3.05) is 31.1 Å². The number of aromatic nitrogens is 3. The van der Waals surface area contributed by atoms with Crippen molar-refractivity contribution >= 4 is 23.2 Å². The first-order valence-corrected chi connectivity index (χ1v) is 9.38. The molecule has 3 heterocycles. The number of carbonyl (C=O) groups excluding carboxylic acids is 1. The fourth-order valence-electron chi connectivity index (χ4n) is 3.07. The Morgan fingerprint density at radius 2 is 1.69 bits per heavy atom. The molecule has 1 aromatic carbocycles. The topological polar surface area (TPSA) is 62.2 Å². The first kappa shape index (κ1) is 16.7. The van der Waals surface area contributed by atoms with E-state index in [1.54, 1.807) is 18.5 Å². The van der Waals surface area contributed by atoms with Gasteiger partial charge in [-0.25, -0.2) is 15.0 Å². The van der Waals surface area contributed by atoms with Crippen molar-refractivity contribution in [2.24, 2.45) is 0 Å². The molecule has 0 aliphatic carbocycles. The van der Waals surface area contributed by atoms with Crippen LogP contribution in [0.5, 0.6) is 0 Å². The first-order chi connectivity index (χ1) is 12.7. The summed E-state index contributed by atoms with van der Waals surface area (Å²) in [6.45, 7) is 4.71. The van der Waals surface area contributed by atoms with Crippen LogP contribution >= 0.6 is 11.3 Å². The summed E-state index contributed by atoms with van der Waals surface area (Å²) in [5, 5.41) is 0.906. The molecule has 132 valence electrons. The van der Waals surface area contributed by atoms with E-state index < -0.39 is 0 Å². The number of amides is 1. The molecule has 0 spiro atoms. The fraction of sp³-hybridized carbons (Fsp3) is 0.263. The minimum absolute atomic E-state index is 0.0584. The van der Waals surface area contributed by atoms with E-state index >= 15 is 0 Å². The molecule has 0 saturated carbocycles. The largest absolute Gasteiger partial charge is 0.337 e. The van der Waals surface area contributed by atoms with Crippen LogP contribution in [0.2, 0.25) is 0 Å². The third-order valence-corrected chi connectivity index (χ3v) is 5.34. The predicted molar refractivity (Wildman–Crippen MR) is 102 cm³/mol. The maximum atomic E-state index is 13.1. The van der Waals surface area contributed by atoms with Crippen molar-refractivity contribution in [1.29, 1.82) is 0 Å². The van der Waals surface area contributed by atoms with Crippen LogP contribution in [0.3, 0.4) is 0 Å². The van der Waals surface area contributed by atoms with Gasteiger partial charge in [-0.05, 0) is 13.0 Å². The molecule has 0 atom stereocenters. The smallest absolute Gasteiger partial charge is 0.266 e. The highest BCUT2D eigenvalue weighted by atomic mass is 32.1. The molecule has 0 unspecified atom stereocenters. The third-order valence-electron chi connectivity index (χ3n) is 4.38. The molecule has 1 aliphatic rings. The van der Waals surface area contributed by atoms with E-state index in [-0.39, 0.29) is 5.91 Å². The number of aryl methyl sites for hydroxylation is 1. The van der Waals surface area contributed by atoms with Crippen LogP contribution in [-0.2, 0) is 0 Å². The van der Waals surface area contributed by atoms with Crippen LogP contribution in [0, 0.1) is 6.92 Å². The van der Waals surface area contributed by atoms with Crippen molar-refractivity contribution in [3.05, 3.63) is 58.7 Å². The molecule has 26 heavy (non-hydrogen) atoms. The van der Waals surface area contributed by atoms with Gasteiger partial charge in [0.1, 0.15) is 4.88 Å². The van der Waals surface area contributed by atoms with E-state index in [1.165, 1.54) is 11.3 Å². The summed E-state index contributed by atoms with van der Waals surface area (Å²) in [7, 11) is 0. The van der Waals surface area contributed by atoms with Crippen LogP contribution in [0.1, 0.15) is 14.7 Å². The van der Waals surface area contributed by atoms with Crippen LogP contribution in [-0.4, -0.2) is 51.9 Å². The Balaban J connectivity index is 1.51. The number of hydrogen-bond acceptors (Lipinski definition) is 6. The first-order valence-electron chi connectivity index (χ1n) is 8.56. The lowest BCUT2D eigenvalue weighted by molar-refractivity contribution is 0.0751. The average Bonchev–Trinajstić information content (AvgIpc) is 3.11. The Labute approximate surface area is 156 Å². The van der Waals surface area contributed by atoms with E-state index in [0.717, 1.165) is 40.2 Å². The Bertz CT molecular complexity index is 889. The minimum Gasteiger partial charge on any atom is -0.337 e. The van der Waals surface area contributed by atoms with Crippen molar-refractivity contribution in [3.8, 4) is 11.3 Å². The summed E-state index contributed by atoms with van der Waals surface area (Å²) in [4.78, 5) is 31.0. The Morgan fingerprint density at radius 3 is 2.38 bits per heavy atom. The maximum Gasteiger partial charge on any atom is 0.266 e. The second kappa shape index (κ2) is 7.21. The SMILES string of the molecule is Cc1nc(-c2ccccc2)c(C(=O)N2CCN(c3ncccn3)CC2)s1. The normalized spacial score (nSPS) is 14.5. The molecule has 0 radical (unpaired) electrons. The maximum absolute atomic E-state index is 13.1. The lowest BCUT2D eigenvalue weighted by Crippen LogP contribution is -2.49. The molecule has 7 heteroatoms. The molecule has 1 amide bonds. The van der Waals surface area contributed by atoms with Gasteiger partial charge < -0.3 is 9.80 Å². The molecular weight excluding hydrogens is 346 g/mol. The van der Waals surface area contributed by atoms with Gasteiger partial charge in [0.25, 0.3) is 5.91 Å². The average molecular weight is 365 g/mol. The number of benzene rings is 1. The number of rotatable bonds is 3. The van der Waals surface area contributed by atoms with Gasteiger partial charge >= 0.3 is 0 Å². The van der Waals surface area contributed by atoms with Crippen molar-refractivity contribution < 1.29 is 4.79 Å². The van der Waals surface area contributed by atoms with Crippen LogP contribution in [0.15, 0.2) is 48.8 Å². The minimum atomic E-state index is 0.0584. The zero-order valence-corrected chi connectivity index (χ0v) is 15.3. The molecule has 3 aromatic rings. The Kier molecular flexibility index (Phi) is 4.62. The van der Waals surface area contributed by atoms with E-state index in [1.807, 2.05) is 42.2 Å². The van der Waals surface area contributed by atoms with Gasteiger partial charge in [-0.2, -0.15) is 0 Å². The van der Waals surface area contributed by atoms with Gasteiger partial charge in [0.05, 0.1) is 10.7 Å². The molecule has 1 fully saturated rings. The van der Waals surface area contributed by atoms with E-state index in [2.05, 4.69) is 19.9 Å². The highest BCUT2D eigenvalue weighted by Gasteiger charge is 2.27. The Morgan fingerprint density at radius 1 is 1.00 bits per heavy atom. The van der Waals surface area contributed by atoms with Crippen molar-refractivity contribution in [1.82, 2.24) is 19.9 Å². The number of hydrogen-bond donors (Lipinski definition) is 0. The molecule has 1 aliphatic heterocycles. The predicted octanol–water partition coefficient (Wildman–Crippen LogP) is 2.87. The van der Waals surface area contributed by atoms with Crippen molar-refractivity contribution in [2.45, 2.75) is 6.92 Å². The summed E-state index contributed by atoms with van der Waals surface area (Å²) >= 11 is 1.47. The van der Waals surface area contributed by atoms with Crippen LogP contribution in [0.4, 0.5) is 5.95 Å². The van der Waals surface area contributed by atoms with E-state index in [0.29, 0.717) is 13.1 Å². The van der Waals surface area contributed by atoms with E-state index in [4.69, 9.17) is 0 Å². The standard InChI is InChI=1S/C19H19N5OS/c1-14-22-16(15-6-3-2-4-7-15)17(26-14)18(25)23-10-12-24(13-11-23)19-20-8-5-9-21-19/h2-9H,10-13H2,1H3. The monoisotopic (exact) mass is 365 g/mol. The lowest BCUT2D eigenvalue weighted by atomic mass is 10.1. The van der Waals surface area contributed by atoms with Gasteiger partial charge in [0, 0.05) is 44.1 Å². The van der Waals surface area contributed by atoms with Crippen LogP contribution in [0.25, 0.3) is 11.3 Å². The van der Waals surface area contributed by atoms with Gasteiger partial charge in [-0.3, -0.25) is 4.79 Å². The van der Waals surface area contributed by atoms with Gasteiger partial charge in [-0.1, -0.05) is 30.3 Å². The van der Waals surface area contributed by atoms with Gasteiger partial charge in [-0.15, -0.1) is 11.3 Å². The van der Waals surface area contributed by atoms with Gasteiger partial charge in [0.15, 0.2) is 0 Å². The Hall–Kier alpha value is -2.80. The molecule has 1 saturated heterocycles. The third kappa shape index (κ3) is 3.30.